The Morgan fingerprint density at radius 1 is 1.32 bits per heavy atom. The lowest BCUT2D eigenvalue weighted by atomic mass is 10.1. The Kier molecular flexibility index (Phi) is 9.25. The van der Waals surface area contributed by atoms with Crippen LogP contribution in [-0.4, -0.2) is 40.9 Å². The number of hydrogen-bond acceptors (Lipinski definition) is 4. The molecule has 2 aromatic rings. The SMILES string of the molecule is CCNC(=NCc1nncn1C)NCCc1cc(C)ccc1OC.I. The van der Waals surface area contributed by atoms with E-state index < -0.39 is 0 Å². The molecule has 0 aliphatic rings. The van der Waals surface area contributed by atoms with E-state index in [0.29, 0.717) is 6.54 Å². The van der Waals surface area contributed by atoms with Crippen LogP contribution < -0.4 is 15.4 Å². The number of halogens is 1. The van der Waals surface area contributed by atoms with E-state index in [1.807, 2.05) is 24.6 Å². The van der Waals surface area contributed by atoms with Gasteiger partial charge in [-0.25, -0.2) is 4.99 Å². The Hall–Kier alpha value is -1.84. The van der Waals surface area contributed by atoms with Gasteiger partial charge in [0.05, 0.1) is 7.11 Å². The minimum Gasteiger partial charge on any atom is -0.496 e. The molecule has 1 aromatic heterocycles. The first-order valence-electron chi connectivity index (χ1n) is 8.12. The Balaban J connectivity index is 0.00000312. The third-order valence-corrected chi connectivity index (χ3v) is 3.65. The zero-order valence-electron chi connectivity index (χ0n) is 15.2. The number of guanidine groups is 1. The summed E-state index contributed by atoms with van der Waals surface area (Å²) in [6.45, 7) is 6.19. The van der Waals surface area contributed by atoms with Crippen molar-refractivity contribution in [3.05, 3.63) is 41.5 Å². The number of nitrogens with zero attached hydrogens (tertiary/aromatic N) is 4. The summed E-state index contributed by atoms with van der Waals surface area (Å²) >= 11 is 0. The van der Waals surface area contributed by atoms with Gasteiger partial charge in [-0.3, -0.25) is 0 Å². The minimum absolute atomic E-state index is 0. The van der Waals surface area contributed by atoms with E-state index in [4.69, 9.17) is 4.74 Å². The average Bonchev–Trinajstić information content (AvgIpc) is 2.98. The van der Waals surface area contributed by atoms with Gasteiger partial charge in [-0.2, -0.15) is 0 Å². The van der Waals surface area contributed by atoms with Crippen LogP contribution in [0.25, 0.3) is 0 Å². The van der Waals surface area contributed by atoms with Crippen molar-refractivity contribution in [2.24, 2.45) is 12.0 Å². The summed E-state index contributed by atoms with van der Waals surface area (Å²) < 4.78 is 7.29. The molecule has 25 heavy (non-hydrogen) atoms. The highest BCUT2D eigenvalue weighted by Gasteiger charge is 2.05. The lowest BCUT2D eigenvalue weighted by Gasteiger charge is -2.13. The molecule has 0 saturated carbocycles. The Morgan fingerprint density at radius 2 is 2.12 bits per heavy atom. The molecule has 0 atom stereocenters. The number of ether oxygens (including phenoxy) is 1. The van der Waals surface area contributed by atoms with E-state index in [2.05, 4.69) is 44.9 Å². The smallest absolute Gasteiger partial charge is 0.191 e. The lowest BCUT2D eigenvalue weighted by molar-refractivity contribution is 0.409. The molecule has 0 bridgehead atoms. The largest absolute Gasteiger partial charge is 0.496 e. The van der Waals surface area contributed by atoms with Gasteiger partial charge in [0.15, 0.2) is 11.8 Å². The maximum atomic E-state index is 5.42. The molecule has 0 aliphatic carbocycles. The molecular weight excluding hydrogens is 431 g/mol. The fraction of sp³-hybridized carbons (Fsp3) is 0.471. The van der Waals surface area contributed by atoms with E-state index in [0.717, 1.165) is 37.0 Å². The molecule has 0 unspecified atom stereocenters. The van der Waals surface area contributed by atoms with Crippen molar-refractivity contribution in [3.63, 3.8) is 0 Å². The first-order valence-corrected chi connectivity index (χ1v) is 8.12. The van der Waals surface area contributed by atoms with Crippen LogP contribution in [0.4, 0.5) is 0 Å². The highest BCUT2D eigenvalue weighted by atomic mass is 127. The summed E-state index contributed by atoms with van der Waals surface area (Å²) in [7, 11) is 3.61. The summed E-state index contributed by atoms with van der Waals surface area (Å²) in [5, 5.41) is 14.5. The summed E-state index contributed by atoms with van der Waals surface area (Å²) in [6, 6.07) is 6.23. The second-order valence-corrected chi connectivity index (χ2v) is 5.55. The Bertz CT molecular complexity index is 686. The summed E-state index contributed by atoms with van der Waals surface area (Å²) in [6.07, 6.45) is 2.54. The maximum absolute atomic E-state index is 5.42. The minimum atomic E-state index is 0. The number of benzene rings is 1. The van der Waals surface area contributed by atoms with Gasteiger partial charge in [-0.1, -0.05) is 17.7 Å². The fourth-order valence-electron chi connectivity index (χ4n) is 2.36. The molecule has 0 saturated heterocycles. The van der Waals surface area contributed by atoms with Crippen LogP contribution in [0.2, 0.25) is 0 Å². The van der Waals surface area contributed by atoms with Crippen LogP contribution in [0, 0.1) is 6.92 Å². The van der Waals surface area contributed by atoms with E-state index in [1.54, 1.807) is 13.4 Å². The number of aromatic nitrogens is 3. The second kappa shape index (κ2) is 10.9. The Morgan fingerprint density at radius 3 is 2.76 bits per heavy atom. The van der Waals surface area contributed by atoms with Gasteiger partial charge in [-0.15, -0.1) is 34.2 Å². The maximum Gasteiger partial charge on any atom is 0.191 e. The molecule has 0 spiro atoms. The van der Waals surface area contributed by atoms with Crippen molar-refractivity contribution in [1.29, 1.82) is 0 Å². The van der Waals surface area contributed by atoms with Crippen LogP contribution in [-0.2, 0) is 20.0 Å². The number of methoxy groups -OCH3 is 1. The van der Waals surface area contributed by atoms with Gasteiger partial charge >= 0.3 is 0 Å². The number of aryl methyl sites for hydroxylation is 2. The molecule has 8 heteroatoms. The molecule has 0 amide bonds. The van der Waals surface area contributed by atoms with Gasteiger partial charge < -0.3 is 19.9 Å². The van der Waals surface area contributed by atoms with Crippen LogP contribution in [0.1, 0.15) is 23.9 Å². The molecule has 138 valence electrons. The predicted octanol–water partition coefficient (Wildman–Crippen LogP) is 2.05. The van der Waals surface area contributed by atoms with E-state index in [1.165, 1.54) is 11.1 Å². The van der Waals surface area contributed by atoms with Gasteiger partial charge in [0.25, 0.3) is 0 Å². The third-order valence-electron chi connectivity index (χ3n) is 3.65. The molecule has 1 heterocycles. The van der Waals surface area contributed by atoms with Gasteiger partial charge in [-0.05, 0) is 31.9 Å². The van der Waals surface area contributed by atoms with Crippen LogP contribution >= 0.6 is 24.0 Å². The standard InChI is InChI=1S/C17H26N6O.HI/c1-5-18-17(20-11-16-22-21-12-23(16)3)19-9-8-14-10-13(2)6-7-15(14)24-4;/h6-7,10,12H,5,8-9,11H2,1-4H3,(H2,18,19,20);1H. The first kappa shape index (κ1) is 21.2. The van der Waals surface area contributed by atoms with Gasteiger partial charge in [0, 0.05) is 20.1 Å². The van der Waals surface area contributed by atoms with Gasteiger partial charge in [0.2, 0.25) is 0 Å². The molecular formula is C17H27IN6O. The van der Waals surface area contributed by atoms with Crippen molar-refractivity contribution < 1.29 is 4.74 Å². The topological polar surface area (TPSA) is 76.4 Å². The summed E-state index contributed by atoms with van der Waals surface area (Å²) in [4.78, 5) is 4.55. The van der Waals surface area contributed by atoms with E-state index in [9.17, 15) is 0 Å². The number of rotatable bonds is 7. The van der Waals surface area contributed by atoms with Crippen LogP contribution in [0.15, 0.2) is 29.5 Å². The van der Waals surface area contributed by atoms with E-state index >= 15 is 0 Å². The summed E-state index contributed by atoms with van der Waals surface area (Å²) in [5.41, 5.74) is 2.42. The predicted molar refractivity (Wildman–Crippen MR) is 111 cm³/mol. The molecule has 0 fully saturated rings. The van der Waals surface area contributed by atoms with Crippen molar-refractivity contribution in [2.75, 3.05) is 20.2 Å². The molecule has 1 aromatic carbocycles. The lowest BCUT2D eigenvalue weighted by Crippen LogP contribution is -2.38. The third kappa shape index (κ3) is 6.52. The van der Waals surface area contributed by atoms with Crippen LogP contribution in [0.5, 0.6) is 5.75 Å². The molecule has 2 rings (SSSR count). The van der Waals surface area contributed by atoms with Crippen molar-refractivity contribution in [1.82, 2.24) is 25.4 Å². The normalized spacial score (nSPS) is 11.0. The second-order valence-electron chi connectivity index (χ2n) is 5.55. The first-order chi connectivity index (χ1) is 11.6. The monoisotopic (exact) mass is 458 g/mol. The summed E-state index contributed by atoms with van der Waals surface area (Å²) in [5.74, 6) is 2.52. The average molecular weight is 458 g/mol. The van der Waals surface area contributed by atoms with E-state index in [-0.39, 0.29) is 24.0 Å². The Labute approximate surface area is 166 Å². The van der Waals surface area contributed by atoms with Crippen molar-refractivity contribution >= 4 is 29.9 Å². The fourth-order valence-corrected chi connectivity index (χ4v) is 2.36. The zero-order chi connectivity index (χ0) is 17.4. The van der Waals surface area contributed by atoms with Crippen molar-refractivity contribution in [2.45, 2.75) is 26.8 Å². The zero-order valence-corrected chi connectivity index (χ0v) is 17.6. The van der Waals surface area contributed by atoms with Crippen LogP contribution in [0.3, 0.4) is 0 Å². The quantitative estimate of drug-likeness (QED) is 0.378. The number of aliphatic imine (C=N–C) groups is 1. The highest BCUT2D eigenvalue weighted by Crippen LogP contribution is 2.19. The molecule has 0 aliphatic heterocycles. The molecule has 2 N–H and O–H groups in total. The van der Waals surface area contributed by atoms with Crippen molar-refractivity contribution in [3.8, 4) is 5.75 Å². The highest BCUT2D eigenvalue weighted by molar-refractivity contribution is 14.0. The molecule has 7 nitrogen and oxygen atoms in total. The number of nitrogens with one attached hydrogen (secondary N) is 2. The molecule has 0 radical (unpaired) electrons. The number of hydrogen-bond donors (Lipinski definition) is 2. The van der Waals surface area contributed by atoms with Gasteiger partial charge in [0.1, 0.15) is 18.6 Å².